The first kappa shape index (κ1) is 15.2. The molecule has 3 rings (SSSR count). The zero-order chi connectivity index (χ0) is 15.7. The van der Waals surface area contributed by atoms with E-state index in [0.29, 0.717) is 12.5 Å². The fourth-order valence-corrected chi connectivity index (χ4v) is 3.04. The lowest BCUT2D eigenvalue weighted by Gasteiger charge is -2.17. The number of benzene rings is 2. The predicted molar refractivity (Wildman–Crippen MR) is 93.2 cm³/mol. The molecule has 0 bridgehead atoms. The Morgan fingerprint density at radius 3 is 2.64 bits per heavy atom. The summed E-state index contributed by atoms with van der Waals surface area (Å²) in [6.07, 6.45) is 2.57. The molecule has 116 valence electrons. The van der Waals surface area contributed by atoms with Crippen LogP contribution in [-0.2, 0) is 6.61 Å². The molecule has 2 aromatic rings. The lowest BCUT2D eigenvalue weighted by Crippen LogP contribution is -2.05. The number of hydrogen-bond donors (Lipinski definition) is 1. The maximum absolute atomic E-state index is 6.23. The Morgan fingerprint density at radius 2 is 1.95 bits per heavy atom. The van der Waals surface area contributed by atoms with E-state index in [1.54, 1.807) is 0 Å². The fraction of sp³-hybridized carbons (Fsp3) is 0.368. The van der Waals surface area contributed by atoms with Crippen LogP contribution in [0, 0.1) is 13.8 Å². The van der Waals surface area contributed by atoms with Crippen LogP contribution in [0.4, 0.5) is 5.69 Å². The van der Waals surface area contributed by atoms with Crippen molar-refractivity contribution < 1.29 is 4.74 Å². The lowest BCUT2D eigenvalue weighted by molar-refractivity contribution is 0.303. The highest BCUT2D eigenvalue weighted by molar-refractivity contribution is 6.31. The van der Waals surface area contributed by atoms with Gasteiger partial charge >= 0.3 is 0 Å². The summed E-state index contributed by atoms with van der Waals surface area (Å²) >= 11 is 6.23. The third-order valence-electron chi connectivity index (χ3n) is 4.33. The minimum Gasteiger partial charge on any atom is -0.488 e. The maximum atomic E-state index is 6.23. The van der Waals surface area contributed by atoms with Crippen molar-refractivity contribution in [1.29, 1.82) is 0 Å². The van der Waals surface area contributed by atoms with Gasteiger partial charge in [-0.2, -0.15) is 0 Å². The van der Waals surface area contributed by atoms with Gasteiger partial charge in [0.2, 0.25) is 0 Å². The topological polar surface area (TPSA) is 21.3 Å². The predicted octanol–water partition coefficient (Wildman–Crippen LogP) is 5.45. The average Bonchev–Trinajstić information content (AvgIpc) is 3.34. The normalized spacial score (nSPS) is 14.0. The molecule has 1 aliphatic carbocycles. The first-order valence-corrected chi connectivity index (χ1v) is 8.17. The van der Waals surface area contributed by atoms with Gasteiger partial charge in [-0.3, -0.25) is 0 Å². The molecule has 1 saturated carbocycles. The molecule has 0 saturated heterocycles. The molecule has 22 heavy (non-hydrogen) atoms. The van der Waals surface area contributed by atoms with Crippen molar-refractivity contribution in [2.24, 2.45) is 0 Å². The molecule has 0 amide bonds. The third-order valence-corrected chi connectivity index (χ3v) is 4.73. The maximum Gasteiger partial charge on any atom is 0.124 e. The summed E-state index contributed by atoms with van der Waals surface area (Å²) in [5.74, 6) is 1.57. The summed E-state index contributed by atoms with van der Waals surface area (Å²) in [7, 11) is 1.96. The summed E-state index contributed by atoms with van der Waals surface area (Å²) < 4.78 is 6.10. The van der Waals surface area contributed by atoms with Gasteiger partial charge < -0.3 is 10.1 Å². The van der Waals surface area contributed by atoms with Crippen LogP contribution in [0.25, 0.3) is 0 Å². The highest BCUT2D eigenvalue weighted by Crippen LogP contribution is 2.43. The largest absolute Gasteiger partial charge is 0.488 e. The summed E-state index contributed by atoms with van der Waals surface area (Å²) in [5.41, 5.74) is 6.05. The molecule has 0 heterocycles. The molecule has 2 aromatic carbocycles. The van der Waals surface area contributed by atoms with E-state index >= 15 is 0 Å². The molecule has 1 N–H and O–H groups in total. The number of rotatable bonds is 5. The van der Waals surface area contributed by atoms with Gasteiger partial charge in [0.1, 0.15) is 12.4 Å². The van der Waals surface area contributed by atoms with Gasteiger partial charge in [0.15, 0.2) is 0 Å². The monoisotopic (exact) mass is 315 g/mol. The highest BCUT2D eigenvalue weighted by atomic mass is 35.5. The third kappa shape index (κ3) is 3.07. The Kier molecular flexibility index (Phi) is 4.30. The van der Waals surface area contributed by atoms with Crippen LogP contribution in [0.15, 0.2) is 30.3 Å². The molecule has 1 fully saturated rings. The molecule has 0 radical (unpaired) electrons. The minimum atomic E-state index is 0.572. The summed E-state index contributed by atoms with van der Waals surface area (Å²) in [6.45, 7) is 4.65. The van der Waals surface area contributed by atoms with Crippen LogP contribution in [0.2, 0.25) is 5.02 Å². The number of halogens is 1. The first-order chi connectivity index (χ1) is 10.6. The summed E-state index contributed by atoms with van der Waals surface area (Å²) in [4.78, 5) is 0. The van der Waals surface area contributed by atoms with Crippen LogP contribution in [0.5, 0.6) is 5.75 Å². The van der Waals surface area contributed by atoms with Gasteiger partial charge in [0.25, 0.3) is 0 Å². The van der Waals surface area contributed by atoms with Gasteiger partial charge in [-0.25, -0.2) is 0 Å². The number of nitrogens with one attached hydrogen (secondary N) is 1. The molecule has 0 spiro atoms. The standard InChI is InChI=1S/C19H22ClNO/c1-12-9-13(2)19(10-17(12)20)22-11-16-15(14-7-8-14)5-4-6-18(16)21-3/h4-6,9-10,14,21H,7-8,11H2,1-3H3. The van der Waals surface area contributed by atoms with E-state index in [9.17, 15) is 0 Å². The van der Waals surface area contributed by atoms with Gasteiger partial charge in [-0.1, -0.05) is 29.8 Å². The molecule has 2 nitrogen and oxygen atoms in total. The Balaban J connectivity index is 1.86. The van der Waals surface area contributed by atoms with Crippen molar-refractivity contribution in [3.63, 3.8) is 0 Å². The van der Waals surface area contributed by atoms with Crippen molar-refractivity contribution in [2.75, 3.05) is 12.4 Å². The minimum absolute atomic E-state index is 0.572. The summed E-state index contributed by atoms with van der Waals surface area (Å²) in [5, 5.41) is 4.04. The van der Waals surface area contributed by atoms with Crippen LogP contribution in [0.3, 0.4) is 0 Å². The molecular weight excluding hydrogens is 294 g/mol. The van der Waals surface area contributed by atoms with E-state index in [2.05, 4.69) is 36.5 Å². The fourth-order valence-electron chi connectivity index (χ4n) is 2.89. The van der Waals surface area contributed by atoms with E-state index in [0.717, 1.165) is 27.6 Å². The van der Waals surface area contributed by atoms with Crippen molar-refractivity contribution >= 4 is 17.3 Å². The van der Waals surface area contributed by atoms with Crippen LogP contribution in [-0.4, -0.2) is 7.05 Å². The van der Waals surface area contributed by atoms with Gasteiger partial charge in [0.05, 0.1) is 0 Å². The van der Waals surface area contributed by atoms with Crippen molar-refractivity contribution in [3.8, 4) is 5.75 Å². The number of anilines is 1. The average molecular weight is 316 g/mol. The Hall–Kier alpha value is -1.67. The molecule has 0 aromatic heterocycles. The number of ether oxygens (including phenoxy) is 1. The Labute approximate surface area is 137 Å². The van der Waals surface area contributed by atoms with E-state index in [1.165, 1.54) is 24.0 Å². The second-order valence-electron chi connectivity index (χ2n) is 6.05. The molecular formula is C19H22ClNO. The second kappa shape index (κ2) is 6.21. The molecule has 3 heteroatoms. The van der Waals surface area contributed by atoms with Crippen molar-refractivity contribution in [3.05, 3.63) is 57.6 Å². The summed E-state index contributed by atoms with van der Waals surface area (Å²) in [6, 6.07) is 10.5. The second-order valence-corrected chi connectivity index (χ2v) is 6.46. The van der Waals surface area contributed by atoms with E-state index < -0.39 is 0 Å². The van der Waals surface area contributed by atoms with Crippen molar-refractivity contribution in [2.45, 2.75) is 39.2 Å². The Morgan fingerprint density at radius 1 is 1.18 bits per heavy atom. The molecule has 0 unspecified atom stereocenters. The Bertz CT molecular complexity index is 692. The van der Waals surface area contributed by atoms with E-state index in [1.807, 2.05) is 20.0 Å². The zero-order valence-electron chi connectivity index (χ0n) is 13.4. The van der Waals surface area contributed by atoms with Crippen molar-refractivity contribution in [1.82, 2.24) is 0 Å². The van der Waals surface area contributed by atoms with Gasteiger partial charge in [0, 0.05) is 23.3 Å². The SMILES string of the molecule is CNc1cccc(C2CC2)c1COc1cc(Cl)c(C)cc1C. The van der Waals surface area contributed by atoms with E-state index in [4.69, 9.17) is 16.3 Å². The quantitative estimate of drug-likeness (QED) is 0.791. The molecule has 0 aliphatic heterocycles. The van der Waals surface area contributed by atoms with Crippen LogP contribution < -0.4 is 10.1 Å². The highest BCUT2D eigenvalue weighted by Gasteiger charge is 2.27. The zero-order valence-corrected chi connectivity index (χ0v) is 14.1. The van der Waals surface area contributed by atoms with Crippen LogP contribution >= 0.6 is 11.6 Å². The molecule has 0 atom stereocenters. The van der Waals surface area contributed by atoms with Crippen LogP contribution in [0.1, 0.15) is 41.0 Å². The number of hydrogen-bond acceptors (Lipinski definition) is 2. The molecule has 1 aliphatic rings. The van der Waals surface area contributed by atoms with Gasteiger partial charge in [-0.15, -0.1) is 0 Å². The lowest BCUT2D eigenvalue weighted by atomic mass is 10.0. The van der Waals surface area contributed by atoms with Gasteiger partial charge in [-0.05, 0) is 61.4 Å². The first-order valence-electron chi connectivity index (χ1n) is 7.79. The van der Waals surface area contributed by atoms with E-state index in [-0.39, 0.29) is 0 Å². The smallest absolute Gasteiger partial charge is 0.124 e. The number of aryl methyl sites for hydroxylation is 2.